The third-order valence-corrected chi connectivity index (χ3v) is 4.44. The minimum Gasteiger partial charge on any atom is -0.389 e. The minimum absolute atomic E-state index is 0.435. The smallest absolute Gasteiger partial charge is 0.0771 e. The predicted molar refractivity (Wildman–Crippen MR) is 64.9 cm³/mol. The van der Waals surface area contributed by atoms with E-state index in [0.29, 0.717) is 5.41 Å². The van der Waals surface area contributed by atoms with Crippen LogP contribution in [0.2, 0.25) is 0 Å². The van der Waals surface area contributed by atoms with Gasteiger partial charge in [-0.25, -0.2) is 0 Å². The summed E-state index contributed by atoms with van der Waals surface area (Å²) in [4.78, 5) is 0. The molecule has 1 rings (SSSR count). The molecular weight excluding hydrogens is 186 g/mol. The third-order valence-electron chi connectivity index (χ3n) is 4.44. The van der Waals surface area contributed by atoms with Crippen molar-refractivity contribution in [3.8, 4) is 0 Å². The number of nitrogens with one attached hydrogen (secondary N) is 1. The fraction of sp³-hybridized carbons (Fsp3) is 1.00. The lowest BCUT2D eigenvalue weighted by Crippen LogP contribution is -2.44. The second-order valence-electron chi connectivity index (χ2n) is 5.87. The molecule has 1 aliphatic rings. The van der Waals surface area contributed by atoms with Crippen molar-refractivity contribution in [2.45, 2.75) is 58.5 Å². The summed E-state index contributed by atoms with van der Waals surface area (Å²) in [7, 11) is 1.92. The molecule has 0 aromatic rings. The molecule has 15 heavy (non-hydrogen) atoms. The lowest BCUT2D eigenvalue weighted by molar-refractivity contribution is -0.0256. The molecule has 90 valence electrons. The summed E-state index contributed by atoms with van der Waals surface area (Å²) in [6, 6.07) is 0. The van der Waals surface area contributed by atoms with Crippen molar-refractivity contribution in [3.63, 3.8) is 0 Å². The molecule has 1 fully saturated rings. The van der Waals surface area contributed by atoms with Gasteiger partial charge in [-0.1, -0.05) is 27.2 Å². The quantitative estimate of drug-likeness (QED) is 0.752. The number of aliphatic hydroxyl groups is 1. The summed E-state index contributed by atoms with van der Waals surface area (Å²) in [5.41, 5.74) is 0.00996. The maximum atomic E-state index is 10.3. The van der Waals surface area contributed by atoms with E-state index in [1.54, 1.807) is 0 Å². The van der Waals surface area contributed by atoms with Crippen LogP contribution in [-0.2, 0) is 0 Å². The summed E-state index contributed by atoms with van der Waals surface area (Å²) >= 11 is 0. The molecule has 0 bridgehead atoms. The lowest BCUT2D eigenvalue weighted by atomic mass is 9.66. The van der Waals surface area contributed by atoms with E-state index in [1.165, 1.54) is 19.3 Å². The highest BCUT2D eigenvalue weighted by molar-refractivity contribution is 4.90. The van der Waals surface area contributed by atoms with Crippen LogP contribution < -0.4 is 5.32 Å². The van der Waals surface area contributed by atoms with Gasteiger partial charge in [-0.2, -0.15) is 0 Å². The van der Waals surface area contributed by atoms with Gasteiger partial charge in [-0.15, -0.1) is 0 Å². The predicted octanol–water partition coefficient (Wildman–Crippen LogP) is 2.56. The standard InChI is InChI=1S/C13H27NO/c1-5-12(2,3)11-6-8-13(15,9-7-11)10-14-4/h11,14-15H,5-10H2,1-4H3. The van der Waals surface area contributed by atoms with E-state index < -0.39 is 5.60 Å². The van der Waals surface area contributed by atoms with Crippen LogP contribution in [-0.4, -0.2) is 24.3 Å². The highest BCUT2D eigenvalue weighted by Gasteiger charge is 2.37. The van der Waals surface area contributed by atoms with Gasteiger partial charge in [0.25, 0.3) is 0 Å². The molecule has 0 amide bonds. The van der Waals surface area contributed by atoms with E-state index in [9.17, 15) is 5.11 Å². The third kappa shape index (κ3) is 3.18. The van der Waals surface area contributed by atoms with Gasteiger partial charge < -0.3 is 10.4 Å². The van der Waals surface area contributed by atoms with Crippen LogP contribution in [0.5, 0.6) is 0 Å². The van der Waals surface area contributed by atoms with Gasteiger partial charge in [-0.05, 0) is 44.1 Å². The Hall–Kier alpha value is -0.0800. The Balaban J connectivity index is 2.48. The minimum atomic E-state index is -0.435. The molecular formula is C13H27NO. The van der Waals surface area contributed by atoms with Crippen molar-refractivity contribution in [2.24, 2.45) is 11.3 Å². The molecule has 1 saturated carbocycles. The SMILES string of the molecule is CCC(C)(C)C1CCC(O)(CNC)CC1. The van der Waals surface area contributed by atoms with Crippen LogP contribution in [0, 0.1) is 11.3 Å². The first-order valence-corrected chi connectivity index (χ1v) is 6.30. The van der Waals surface area contributed by atoms with Crippen LogP contribution in [0.15, 0.2) is 0 Å². The first-order valence-electron chi connectivity index (χ1n) is 6.30. The molecule has 2 heteroatoms. The molecule has 0 aromatic heterocycles. The van der Waals surface area contributed by atoms with Crippen molar-refractivity contribution < 1.29 is 5.11 Å². The van der Waals surface area contributed by atoms with Crippen molar-refractivity contribution in [2.75, 3.05) is 13.6 Å². The zero-order chi connectivity index (χ0) is 11.5. The highest BCUT2D eigenvalue weighted by Crippen LogP contribution is 2.43. The molecule has 0 aliphatic heterocycles. The van der Waals surface area contributed by atoms with Crippen LogP contribution in [0.4, 0.5) is 0 Å². The largest absolute Gasteiger partial charge is 0.389 e. The summed E-state index contributed by atoms with van der Waals surface area (Å²) < 4.78 is 0. The average molecular weight is 213 g/mol. The van der Waals surface area contributed by atoms with Crippen LogP contribution >= 0.6 is 0 Å². The Bertz CT molecular complexity index is 193. The van der Waals surface area contributed by atoms with Crippen LogP contribution in [0.3, 0.4) is 0 Å². The topological polar surface area (TPSA) is 32.3 Å². The maximum Gasteiger partial charge on any atom is 0.0771 e. The zero-order valence-corrected chi connectivity index (χ0v) is 10.8. The molecule has 0 unspecified atom stereocenters. The molecule has 2 N–H and O–H groups in total. The van der Waals surface area contributed by atoms with E-state index in [0.717, 1.165) is 25.3 Å². The van der Waals surface area contributed by atoms with Crippen LogP contribution in [0.1, 0.15) is 52.9 Å². The Morgan fingerprint density at radius 2 is 1.87 bits per heavy atom. The lowest BCUT2D eigenvalue weighted by Gasteiger charge is -2.42. The molecule has 0 radical (unpaired) electrons. The molecule has 0 saturated heterocycles. The van der Waals surface area contributed by atoms with Crippen molar-refractivity contribution in [1.82, 2.24) is 5.32 Å². The van der Waals surface area contributed by atoms with Gasteiger partial charge in [0.05, 0.1) is 5.60 Å². The second kappa shape index (κ2) is 4.84. The van der Waals surface area contributed by atoms with E-state index in [1.807, 2.05) is 7.05 Å². The van der Waals surface area contributed by atoms with Gasteiger partial charge in [-0.3, -0.25) is 0 Å². The van der Waals surface area contributed by atoms with E-state index in [2.05, 4.69) is 26.1 Å². The average Bonchev–Trinajstić information content (AvgIpc) is 2.18. The first-order chi connectivity index (χ1) is 6.93. The van der Waals surface area contributed by atoms with Gasteiger partial charge in [0, 0.05) is 6.54 Å². The van der Waals surface area contributed by atoms with E-state index in [4.69, 9.17) is 0 Å². The normalized spacial score (nSPS) is 33.0. The molecule has 2 nitrogen and oxygen atoms in total. The first kappa shape index (κ1) is 13.0. The fourth-order valence-electron chi connectivity index (χ4n) is 2.73. The molecule has 1 aliphatic carbocycles. The molecule has 0 spiro atoms. The molecule has 0 heterocycles. The number of hydrogen-bond donors (Lipinski definition) is 2. The highest BCUT2D eigenvalue weighted by atomic mass is 16.3. The summed E-state index contributed by atoms with van der Waals surface area (Å²) in [5.74, 6) is 0.791. The summed E-state index contributed by atoms with van der Waals surface area (Å²) in [5, 5.41) is 13.4. The zero-order valence-electron chi connectivity index (χ0n) is 10.8. The summed E-state index contributed by atoms with van der Waals surface area (Å²) in [6.45, 7) is 7.74. The Morgan fingerprint density at radius 1 is 1.33 bits per heavy atom. The molecule has 0 atom stereocenters. The Morgan fingerprint density at radius 3 is 2.27 bits per heavy atom. The number of likely N-dealkylation sites (N-methyl/N-ethyl adjacent to an activating group) is 1. The molecule has 0 aromatic carbocycles. The Kier molecular flexibility index (Phi) is 4.19. The van der Waals surface area contributed by atoms with E-state index >= 15 is 0 Å². The number of rotatable bonds is 4. The van der Waals surface area contributed by atoms with Gasteiger partial charge in [0.2, 0.25) is 0 Å². The van der Waals surface area contributed by atoms with Crippen LogP contribution in [0.25, 0.3) is 0 Å². The van der Waals surface area contributed by atoms with Gasteiger partial charge in [0.15, 0.2) is 0 Å². The van der Waals surface area contributed by atoms with Crippen molar-refractivity contribution >= 4 is 0 Å². The number of hydrogen-bond acceptors (Lipinski definition) is 2. The Labute approximate surface area is 94.5 Å². The van der Waals surface area contributed by atoms with Crippen molar-refractivity contribution in [1.29, 1.82) is 0 Å². The fourth-order valence-corrected chi connectivity index (χ4v) is 2.73. The van der Waals surface area contributed by atoms with Gasteiger partial charge in [0.1, 0.15) is 0 Å². The summed E-state index contributed by atoms with van der Waals surface area (Å²) in [6.07, 6.45) is 5.52. The van der Waals surface area contributed by atoms with Crippen molar-refractivity contribution in [3.05, 3.63) is 0 Å². The monoisotopic (exact) mass is 213 g/mol. The second-order valence-corrected chi connectivity index (χ2v) is 5.87. The van der Waals surface area contributed by atoms with E-state index in [-0.39, 0.29) is 0 Å². The maximum absolute atomic E-state index is 10.3. The van der Waals surface area contributed by atoms with Gasteiger partial charge >= 0.3 is 0 Å².